The van der Waals surface area contributed by atoms with Gasteiger partial charge in [0.2, 0.25) is 0 Å². The van der Waals surface area contributed by atoms with Gasteiger partial charge in [0.1, 0.15) is 42.2 Å². The summed E-state index contributed by atoms with van der Waals surface area (Å²) in [7, 11) is 0. The van der Waals surface area contributed by atoms with Crippen molar-refractivity contribution >= 4 is 5.97 Å². The smallest absolute Gasteiger partial charge is 0.344 e. The van der Waals surface area contributed by atoms with Gasteiger partial charge in [0.15, 0.2) is 6.61 Å². The predicted octanol–water partition coefficient (Wildman–Crippen LogP) is 4.73. The van der Waals surface area contributed by atoms with E-state index in [0.717, 1.165) is 11.3 Å². The molecule has 0 saturated carbocycles. The number of para-hydroxylation sites is 1. The second kappa shape index (κ2) is 14.3. The molecule has 0 aliphatic carbocycles. The van der Waals surface area contributed by atoms with Crippen molar-refractivity contribution in [3.63, 3.8) is 0 Å². The van der Waals surface area contributed by atoms with Gasteiger partial charge in [0.25, 0.3) is 0 Å². The lowest BCUT2D eigenvalue weighted by Crippen LogP contribution is -2.37. The predicted molar refractivity (Wildman–Crippen MR) is 143 cm³/mol. The number of aliphatic hydroxyl groups is 1. The van der Waals surface area contributed by atoms with Gasteiger partial charge in [-0.1, -0.05) is 48.5 Å². The molecule has 198 valence electrons. The number of benzene rings is 3. The van der Waals surface area contributed by atoms with Crippen molar-refractivity contribution < 1.29 is 28.8 Å². The quantitative estimate of drug-likeness (QED) is 0.316. The van der Waals surface area contributed by atoms with E-state index in [0.29, 0.717) is 37.7 Å². The number of nitrogens with zero attached hydrogens (tertiary/aromatic N) is 1. The van der Waals surface area contributed by atoms with Gasteiger partial charge in [-0.2, -0.15) is 0 Å². The fourth-order valence-electron chi connectivity index (χ4n) is 3.57. The molecule has 3 rings (SSSR count). The molecule has 0 aromatic heterocycles. The first-order valence-corrected chi connectivity index (χ1v) is 12.5. The lowest BCUT2D eigenvalue weighted by Gasteiger charge is -2.25. The number of hydrogen-bond donors (Lipinski definition) is 1. The summed E-state index contributed by atoms with van der Waals surface area (Å²) in [5.41, 5.74) is 0.613. The van der Waals surface area contributed by atoms with Crippen molar-refractivity contribution in [2.75, 3.05) is 32.9 Å². The Morgan fingerprint density at radius 1 is 0.811 bits per heavy atom. The summed E-state index contributed by atoms with van der Waals surface area (Å²) in [6.07, 6.45) is -0.648. The van der Waals surface area contributed by atoms with Crippen LogP contribution in [0.3, 0.4) is 0 Å². The number of hydrogen-bond acceptors (Lipinski definition) is 7. The van der Waals surface area contributed by atoms with Crippen molar-refractivity contribution in [3.05, 3.63) is 90.5 Å². The van der Waals surface area contributed by atoms with E-state index < -0.39 is 17.7 Å². The minimum absolute atomic E-state index is 0.151. The molecular weight excluding hydrogens is 470 g/mol. The fourth-order valence-corrected chi connectivity index (χ4v) is 3.57. The van der Waals surface area contributed by atoms with Crippen molar-refractivity contribution in [2.24, 2.45) is 0 Å². The molecular formula is C30H37NO6. The first kappa shape index (κ1) is 28.0. The number of aliphatic hydroxyl groups excluding tert-OH is 1. The summed E-state index contributed by atoms with van der Waals surface area (Å²) >= 11 is 0. The topological polar surface area (TPSA) is 77.5 Å². The molecule has 7 nitrogen and oxygen atoms in total. The van der Waals surface area contributed by atoms with E-state index in [4.69, 9.17) is 18.9 Å². The molecule has 0 saturated heterocycles. The minimum atomic E-state index is -0.648. The van der Waals surface area contributed by atoms with Crippen LogP contribution in [0.1, 0.15) is 26.3 Å². The van der Waals surface area contributed by atoms with Crippen LogP contribution in [-0.4, -0.2) is 60.6 Å². The summed E-state index contributed by atoms with van der Waals surface area (Å²) in [4.78, 5) is 14.0. The molecule has 0 spiro atoms. The van der Waals surface area contributed by atoms with Gasteiger partial charge in [0, 0.05) is 19.6 Å². The van der Waals surface area contributed by atoms with Crippen molar-refractivity contribution in [1.29, 1.82) is 0 Å². The number of carbonyl (C=O) groups is 1. The van der Waals surface area contributed by atoms with Gasteiger partial charge < -0.3 is 24.1 Å². The molecule has 0 radical (unpaired) electrons. The molecule has 0 aliphatic rings. The normalized spacial score (nSPS) is 12.1. The standard InChI is InChI=1S/C30H37NO6/c1-30(2,3)37-29(33)23-36-28-16-14-27(15-17-28)34-19-18-31(20-24-10-6-4-7-11-24)21-25(32)22-35-26-12-8-5-9-13-26/h4-17,25,32H,18-23H2,1-3H3. The summed E-state index contributed by atoms with van der Waals surface area (Å²) in [5.74, 6) is 1.57. The molecule has 1 unspecified atom stereocenters. The Bertz CT molecular complexity index is 1050. The third-order valence-electron chi connectivity index (χ3n) is 5.18. The summed E-state index contributed by atoms with van der Waals surface area (Å²) in [5, 5.41) is 10.6. The molecule has 3 aromatic rings. The lowest BCUT2D eigenvalue weighted by atomic mass is 10.2. The van der Waals surface area contributed by atoms with Crippen molar-refractivity contribution in [2.45, 2.75) is 39.0 Å². The Morgan fingerprint density at radius 3 is 2.00 bits per heavy atom. The average molecular weight is 508 g/mol. The maximum absolute atomic E-state index is 11.8. The highest BCUT2D eigenvalue weighted by molar-refractivity contribution is 5.71. The average Bonchev–Trinajstić information content (AvgIpc) is 2.87. The van der Waals surface area contributed by atoms with E-state index in [1.807, 2.05) is 69.3 Å². The molecule has 0 bridgehead atoms. The summed E-state index contributed by atoms with van der Waals surface area (Å²) in [6, 6.07) is 26.7. The Hall–Kier alpha value is -3.55. The molecule has 0 aliphatic heterocycles. The minimum Gasteiger partial charge on any atom is -0.492 e. The van der Waals surface area contributed by atoms with E-state index in [1.165, 1.54) is 0 Å². The van der Waals surface area contributed by atoms with E-state index in [1.54, 1.807) is 24.3 Å². The Kier molecular flexibility index (Phi) is 10.8. The van der Waals surface area contributed by atoms with Gasteiger partial charge in [0.05, 0.1) is 0 Å². The van der Waals surface area contributed by atoms with Crippen LogP contribution in [0.2, 0.25) is 0 Å². The van der Waals surface area contributed by atoms with Crippen LogP contribution in [0.15, 0.2) is 84.9 Å². The number of esters is 1. The van der Waals surface area contributed by atoms with E-state index in [9.17, 15) is 9.90 Å². The van der Waals surface area contributed by atoms with Crippen LogP contribution < -0.4 is 14.2 Å². The second-order valence-corrected chi connectivity index (χ2v) is 9.69. The molecule has 0 heterocycles. The fraction of sp³-hybridized carbons (Fsp3) is 0.367. The largest absolute Gasteiger partial charge is 0.492 e. The van der Waals surface area contributed by atoms with Gasteiger partial charge >= 0.3 is 5.97 Å². The van der Waals surface area contributed by atoms with Crippen LogP contribution in [0, 0.1) is 0 Å². The summed E-state index contributed by atoms with van der Waals surface area (Å²) in [6.45, 7) is 7.70. The van der Waals surface area contributed by atoms with Crippen molar-refractivity contribution in [1.82, 2.24) is 4.90 Å². The Morgan fingerprint density at radius 2 is 1.38 bits per heavy atom. The molecule has 0 fully saturated rings. The Labute approximate surface area is 219 Å². The van der Waals surface area contributed by atoms with E-state index in [-0.39, 0.29) is 13.2 Å². The van der Waals surface area contributed by atoms with Gasteiger partial charge in [-0.3, -0.25) is 4.90 Å². The number of rotatable bonds is 14. The third kappa shape index (κ3) is 11.4. The van der Waals surface area contributed by atoms with Crippen LogP contribution in [0.5, 0.6) is 17.2 Å². The van der Waals surface area contributed by atoms with Gasteiger partial charge in [-0.25, -0.2) is 4.79 Å². The molecule has 1 N–H and O–H groups in total. The van der Waals surface area contributed by atoms with Crippen molar-refractivity contribution in [3.8, 4) is 17.2 Å². The van der Waals surface area contributed by atoms with Gasteiger partial charge in [-0.05, 0) is 62.7 Å². The zero-order valence-electron chi connectivity index (χ0n) is 21.8. The molecule has 3 aromatic carbocycles. The number of ether oxygens (including phenoxy) is 4. The van der Waals surface area contributed by atoms with Crippen LogP contribution in [0.4, 0.5) is 0 Å². The van der Waals surface area contributed by atoms with E-state index >= 15 is 0 Å². The number of carbonyl (C=O) groups excluding carboxylic acids is 1. The molecule has 37 heavy (non-hydrogen) atoms. The Balaban J connectivity index is 1.47. The molecule has 1 atom stereocenters. The maximum Gasteiger partial charge on any atom is 0.344 e. The SMILES string of the molecule is CC(C)(C)OC(=O)COc1ccc(OCCN(Cc2ccccc2)CC(O)COc2ccccc2)cc1. The van der Waals surface area contributed by atoms with Gasteiger partial charge in [-0.15, -0.1) is 0 Å². The molecule has 7 heteroatoms. The zero-order valence-corrected chi connectivity index (χ0v) is 21.8. The molecule has 0 amide bonds. The highest BCUT2D eigenvalue weighted by Gasteiger charge is 2.17. The third-order valence-corrected chi connectivity index (χ3v) is 5.18. The second-order valence-electron chi connectivity index (χ2n) is 9.69. The zero-order chi connectivity index (χ0) is 26.5. The first-order valence-electron chi connectivity index (χ1n) is 12.5. The van der Waals surface area contributed by atoms with Crippen LogP contribution in [-0.2, 0) is 16.1 Å². The monoisotopic (exact) mass is 507 g/mol. The highest BCUT2D eigenvalue weighted by Crippen LogP contribution is 2.18. The van der Waals surface area contributed by atoms with E-state index in [2.05, 4.69) is 17.0 Å². The maximum atomic E-state index is 11.8. The van der Waals surface area contributed by atoms with Crippen LogP contribution in [0.25, 0.3) is 0 Å². The summed E-state index contributed by atoms with van der Waals surface area (Å²) < 4.78 is 22.4. The lowest BCUT2D eigenvalue weighted by molar-refractivity contribution is -0.157. The first-order chi connectivity index (χ1) is 17.8. The van der Waals surface area contributed by atoms with Crippen LogP contribution >= 0.6 is 0 Å². The highest BCUT2D eigenvalue weighted by atomic mass is 16.6.